The lowest BCUT2D eigenvalue weighted by atomic mass is 10.1. The molecule has 11 heavy (non-hydrogen) atoms. The predicted molar refractivity (Wildman–Crippen MR) is 46.8 cm³/mol. The van der Waals surface area contributed by atoms with Gasteiger partial charge in [-0.25, -0.2) is 0 Å². The van der Waals surface area contributed by atoms with E-state index >= 15 is 0 Å². The molecule has 1 heterocycles. The summed E-state index contributed by atoms with van der Waals surface area (Å²) in [7, 11) is 0. The van der Waals surface area contributed by atoms with Crippen LogP contribution in [0, 0.1) is 10.8 Å². The number of nitrogens with one attached hydrogen (secondary N) is 2. The molecule has 1 aliphatic rings. The van der Waals surface area contributed by atoms with Crippen LogP contribution >= 0.6 is 0 Å². The molecule has 3 nitrogen and oxygen atoms in total. The van der Waals surface area contributed by atoms with Gasteiger partial charge in [0.25, 0.3) is 0 Å². The van der Waals surface area contributed by atoms with Crippen LogP contribution in [0.25, 0.3) is 0 Å². The van der Waals surface area contributed by atoms with Crippen molar-refractivity contribution in [2.24, 2.45) is 4.99 Å². The SMILES string of the molecule is CC(=N)/C=C1/C=CN=CC1=N. The molecule has 1 rings (SSSR count). The fourth-order valence-electron chi connectivity index (χ4n) is 0.764. The molecule has 0 bridgehead atoms. The second kappa shape index (κ2) is 3.05. The summed E-state index contributed by atoms with van der Waals surface area (Å²) in [5.74, 6) is 0. The third-order valence-electron chi connectivity index (χ3n) is 1.23. The Balaban J connectivity index is 2.90. The number of aliphatic imine (C=N–C) groups is 1. The number of rotatable bonds is 1. The summed E-state index contributed by atoms with van der Waals surface area (Å²) < 4.78 is 0. The first kappa shape index (κ1) is 7.60. The van der Waals surface area contributed by atoms with Crippen LogP contribution in [0.15, 0.2) is 28.9 Å². The molecule has 0 aromatic carbocycles. The number of allylic oxidation sites excluding steroid dienone is 3. The highest BCUT2D eigenvalue weighted by Crippen LogP contribution is 2.03. The second-order valence-electron chi connectivity index (χ2n) is 2.29. The van der Waals surface area contributed by atoms with Crippen molar-refractivity contribution in [3.63, 3.8) is 0 Å². The van der Waals surface area contributed by atoms with Gasteiger partial charge in [0.15, 0.2) is 0 Å². The number of hydrogen-bond donors (Lipinski definition) is 2. The Bertz CT molecular complexity index is 282. The van der Waals surface area contributed by atoms with Crippen LogP contribution in [-0.4, -0.2) is 17.6 Å². The van der Waals surface area contributed by atoms with Crippen molar-refractivity contribution >= 4 is 17.6 Å². The van der Waals surface area contributed by atoms with Crippen LogP contribution in [0.3, 0.4) is 0 Å². The summed E-state index contributed by atoms with van der Waals surface area (Å²) in [5.41, 5.74) is 1.55. The highest BCUT2D eigenvalue weighted by Gasteiger charge is 2.01. The molecule has 3 heteroatoms. The van der Waals surface area contributed by atoms with Gasteiger partial charge in [-0.1, -0.05) is 0 Å². The van der Waals surface area contributed by atoms with E-state index in [2.05, 4.69) is 4.99 Å². The number of nitrogens with zero attached hydrogens (tertiary/aromatic N) is 1. The quantitative estimate of drug-likeness (QED) is 0.529. The van der Waals surface area contributed by atoms with Crippen molar-refractivity contribution < 1.29 is 0 Å². The summed E-state index contributed by atoms with van der Waals surface area (Å²) in [6.45, 7) is 1.68. The lowest BCUT2D eigenvalue weighted by Gasteiger charge is -2.01. The maximum atomic E-state index is 7.37. The number of hydrogen-bond acceptors (Lipinski definition) is 3. The molecule has 0 aromatic rings. The zero-order chi connectivity index (χ0) is 8.27. The van der Waals surface area contributed by atoms with Gasteiger partial charge in [-0.2, -0.15) is 0 Å². The van der Waals surface area contributed by atoms with Crippen molar-refractivity contribution in [3.8, 4) is 0 Å². The Morgan fingerprint density at radius 3 is 2.91 bits per heavy atom. The molecule has 2 N–H and O–H groups in total. The van der Waals surface area contributed by atoms with Crippen molar-refractivity contribution in [2.45, 2.75) is 6.92 Å². The second-order valence-corrected chi connectivity index (χ2v) is 2.29. The Morgan fingerprint density at radius 1 is 1.64 bits per heavy atom. The fourth-order valence-corrected chi connectivity index (χ4v) is 0.764. The minimum Gasteiger partial charge on any atom is -0.306 e. The molecule has 0 radical (unpaired) electrons. The van der Waals surface area contributed by atoms with Gasteiger partial charge < -0.3 is 5.41 Å². The maximum absolute atomic E-state index is 7.37. The Kier molecular flexibility index (Phi) is 2.11. The van der Waals surface area contributed by atoms with Crippen molar-refractivity contribution in [3.05, 3.63) is 23.9 Å². The Morgan fingerprint density at radius 2 is 2.36 bits per heavy atom. The molecule has 0 aliphatic carbocycles. The van der Waals surface area contributed by atoms with Crippen molar-refractivity contribution in [1.29, 1.82) is 10.8 Å². The predicted octanol–water partition coefficient (Wildman–Crippen LogP) is 1.57. The molecular formula is C8H9N3. The fraction of sp³-hybridized carbons (Fsp3) is 0.125. The van der Waals surface area contributed by atoms with Gasteiger partial charge >= 0.3 is 0 Å². The maximum Gasteiger partial charge on any atom is 0.0796 e. The van der Waals surface area contributed by atoms with Crippen LogP contribution in [0.2, 0.25) is 0 Å². The van der Waals surface area contributed by atoms with Gasteiger partial charge in [0.1, 0.15) is 0 Å². The first-order valence-corrected chi connectivity index (χ1v) is 3.25. The van der Waals surface area contributed by atoms with Crippen LogP contribution in [0.1, 0.15) is 6.92 Å². The molecular weight excluding hydrogens is 138 g/mol. The van der Waals surface area contributed by atoms with E-state index in [-0.39, 0.29) is 0 Å². The summed E-state index contributed by atoms with van der Waals surface area (Å²) in [6, 6.07) is 0. The molecule has 0 saturated heterocycles. The van der Waals surface area contributed by atoms with E-state index < -0.39 is 0 Å². The molecule has 56 valence electrons. The van der Waals surface area contributed by atoms with Gasteiger partial charge in [-0.05, 0) is 19.1 Å². The third kappa shape index (κ3) is 1.97. The molecule has 0 amide bonds. The van der Waals surface area contributed by atoms with E-state index in [1.54, 1.807) is 25.3 Å². The molecule has 0 atom stereocenters. The van der Waals surface area contributed by atoms with Gasteiger partial charge in [0.2, 0.25) is 0 Å². The van der Waals surface area contributed by atoms with Gasteiger partial charge in [-0.3, -0.25) is 10.4 Å². The van der Waals surface area contributed by atoms with Gasteiger partial charge in [0.05, 0.1) is 11.9 Å². The Labute approximate surface area is 65.2 Å². The largest absolute Gasteiger partial charge is 0.306 e. The van der Waals surface area contributed by atoms with Crippen LogP contribution < -0.4 is 0 Å². The van der Waals surface area contributed by atoms with Crippen molar-refractivity contribution in [2.75, 3.05) is 0 Å². The summed E-state index contributed by atoms with van der Waals surface area (Å²) in [6.07, 6.45) is 6.45. The van der Waals surface area contributed by atoms with Crippen LogP contribution in [0.4, 0.5) is 0 Å². The molecule has 0 aromatic heterocycles. The molecule has 0 unspecified atom stereocenters. The minimum absolute atomic E-state index is 0.360. The average molecular weight is 147 g/mol. The highest BCUT2D eigenvalue weighted by molar-refractivity contribution is 6.39. The van der Waals surface area contributed by atoms with Crippen LogP contribution in [-0.2, 0) is 0 Å². The summed E-state index contributed by atoms with van der Waals surface area (Å²) in [4.78, 5) is 3.77. The zero-order valence-electron chi connectivity index (χ0n) is 6.26. The smallest absolute Gasteiger partial charge is 0.0796 e. The first-order valence-electron chi connectivity index (χ1n) is 3.25. The highest BCUT2D eigenvalue weighted by atomic mass is 14.7. The van der Waals surface area contributed by atoms with Crippen molar-refractivity contribution in [1.82, 2.24) is 0 Å². The van der Waals surface area contributed by atoms with E-state index in [4.69, 9.17) is 10.8 Å². The topological polar surface area (TPSA) is 60.1 Å². The standard InChI is InChI=1S/C8H9N3/c1-6(9)4-7-2-3-11-5-8(7)10/h2-5,9-10H,1H3/b7-4-,9-6?,10-8?. The first-order chi connectivity index (χ1) is 5.20. The average Bonchev–Trinajstić information content (AvgIpc) is 1.93. The summed E-state index contributed by atoms with van der Waals surface area (Å²) >= 11 is 0. The normalized spacial score (nSPS) is 19.4. The van der Waals surface area contributed by atoms with E-state index in [0.29, 0.717) is 11.4 Å². The Hall–Kier alpha value is -1.51. The summed E-state index contributed by atoms with van der Waals surface area (Å²) in [5, 5.41) is 14.5. The molecule has 0 fully saturated rings. The van der Waals surface area contributed by atoms with E-state index in [1.165, 1.54) is 6.21 Å². The monoisotopic (exact) mass is 147 g/mol. The van der Waals surface area contributed by atoms with E-state index in [0.717, 1.165) is 5.57 Å². The minimum atomic E-state index is 0.360. The van der Waals surface area contributed by atoms with Gasteiger partial charge in [-0.15, -0.1) is 0 Å². The molecule has 0 spiro atoms. The molecule has 0 saturated carbocycles. The lowest BCUT2D eigenvalue weighted by molar-refractivity contribution is 1.46. The molecule has 1 aliphatic heterocycles. The van der Waals surface area contributed by atoms with Gasteiger partial charge in [0, 0.05) is 17.5 Å². The van der Waals surface area contributed by atoms with Crippen LogP contribution in [0.5, 0.6) is 0 Å². The third-order valence-corrected chi connectivity index (χ3v) is 1.23. The zero-order valence-corrected chi connectivity index (χ0v) is 6.26. The van der Waals surface area contributed by atoms with E-state index in [9.17, 15) is 0 Å². The van der Waals surface area contributed by atoms with E-state index in [1.807, 2.05) is 0 Å². The lowest BCUT2D eigenvalue weighted by Crippen LogP contribution is -2.04.